The summed E-state index contributed by atoms with van der Waals surface area (Å²) in [5, 5.41) is 13.2. The first-order chi connectivity index (χ1) is 15.4. The number of halogens is 1. The van der Waals surface area contributed by atoms with Crippen LogP contribution in [0.15, 0.2) is 71.9 Å². The van der Waals surface area contributed by atoms with Gasteiger partial charge in [0.25, 0.3) is 0 Å². The van der Waals surface area contributed by atoms with E-state index in [0.717, 1.165) is 33.6 Å². The molecule has 1 aromatic heterocycles. The highest BCUT2D eigenvalue weighted by Crippen LogP contribution is 2.29. The van der Waals surface area contributed by atoms with Gasteiger partial charge in [0.15, 0.2) is 11.0 Å². The molecule has 0 radical (unpaired) electrons. The van der Waals surface area contributed by atoms with E-state index in [2.05, 4.69) is 21.6 Å². The standard InChI is InChI=1S/C25H23ClN4OS/c1-16-6-4-9-19(14-16)24-28-29-25(30(24)21-12-10-20(26)11-13-21)32-15-22(31)27-23-17(2)7-5-8-18(23)3/h4-14H,15H2,1-3H3,(H,27,31). The summed E-state index contributed by atoms with van der Waals surface area (Å²) >= 11 is 7.45. The lowest BCUT2D eigenvalue weighted by Crippen LogP contribution is -2.16. The van der Waals surface area contributed by atoms with E-state index in [1.54, 1.807) is 0 Å². The van der Waals surface area contributed by atoms with Crippen molar-refractivity contribution < 1.29 is 4.79 Å². The van der Waals surface area contributed by atoms with Gasteiger partial charge < -0.3 is 5.32 Å². The number of aromatic nitrogens is 3. The van der Waals surface area contributed by atoms with Gasteiger partial charge in [-0.2, -0.15) is 0 Å². The molecule has 4 aromatic rings. The largest absolute Gasteiger partial charge is 0.325 e. The number of hydrogen-bond donors (Lipinski definition) is 1. The maximum absolute atomic E-state index is 12.7. The summed E-state index contributed by atoms with van der Waals surface area (Å²) in [4.78, 5) is 12.7. The van der Waals surface area contributed by atoms with Gasteiger partial charge in [-0.15, -0.1) is 10.2 Å². The fourth-order valence-electron chi connectivity index (χ4n) is 3.47. The summed E-state index contributed by atoms with van der Waals surface area (Å²) in [6, 6.07) is 21.6. The van der Waals surface area contributed by atoms with Crippen molar-refractivity contribution in [1.82, 2.24) is 14.8 Å². The summed E-state index contributed by atoms with van der Waals surface area (Å²) in [7, 11) is 0. The molecule has 0 aliphatic heterocycles. The summed E-state index contributed by atoms with van der Waals surface area (Å²) in [6.07, 6.45) is 0. The number of nitrogens with one attached hydrogen (secondary N) is 1. The highest BCUT2D eigenvalue weighted by molar-refractivity contribution is 7.99. The smallest absolute Gasteiger partial charge is 0.234 e. The molecule has 0 atom stereocenters. The number of anilines is 1. The molecule has 0 saturated heterocycles. The fraction of sp³-hybridized carbons (Fsp3) is 0.160. The summed E-state index contributed by atoms with van der Waals surface area (Å²) < 4.78 is 1.96. The van der Waals surface area contributed by atoms with Gasteiger partial charge in [-0.25, -0.2) is 0 Å². The quantitative estimate of drug-likeness (QED) is 0.344. The minimum atomic E-state index is -0.0878. The van der Waals surface area contributed by atoms with Crippen molar-refractivity contribution in [2.24, 2.45) is 0 Å². The first-order valence-electron chi connectivity index (χ1n) is 10.2. The highest BCUT2D eigenvalue weighted by atomic mass is 35.5. The molecule has 4 rings (SSSR count). The van der Waals surface area contributed by atoms with Crippen molar-refractivity contribution in [2.75, 3.05) is 11.1 Å². The van der Waals surface area contributed by atoms with E-state index in [1.165, 1.54) is 11.8 Å². The Morgan fingerprint density at radius 1 is 0.969 bits per heavy atom. The monoisotopic (exact) mass is 462 g/mol. The summed E-state index contributed by atoms with van der Waals surface area (Å²) in [6.45, 7) is 6.02. The van der Waals surface area contributed by atoms with E-state index in [-0.39, 0.29) is 11.7 Å². The molecule has 5 nitrogen and oxygen atoms in total. The number of para-hydroxylation sites is 1. The average Bonchev–Trinajstić information content (AvgIpc) is 3.19. The zero-order valence-electron chi connectivity index (χ0n) is 18.1. The third-order valence-electron chi connectivity index (χ3n) is 5.07. The van der Waals surface area contributed by atoms with Crippen molar-refractivity contribution in [3.8, 4) is 17.1 Å². The first kappa shape index (κ1) is 22.1. The van der Waals surface area contributed by atoms with Crippen molar-refractivity contribution in [1.29, 1.82) is 0 Å². The SMILES string of the molecule is Cc1cccc(-c2nnc(SCC(=O)Nc3c(C)cccc3C)n2-c2ccc(Cl)cc2)c1. The molecule has 0 unspecified atom stereocenters. The molecule has 162 valence electrons. The van der Waals surface area contributed by atoms with Gasteiger partial charge in [0, 0.05) is 22.0 Å². The van der Waals surface area contributed by atoms with Crippen LogP contribution in [0.4, 0.5) is 5.69 Å². The Labute approximate surface area is 196 Å². The number of amides is 1. The Balaban J connectivity index is 1.62. The zero-order valence-corrected chi connectivity index (χ0v) is 19.7. The number of hydrogen-bond acceptors (Lipinski definition) is 4. The lowest BCUT2D eigenvalue weighted by atomic mass is 10.1. The van der Waals surface area contributed by atoms with Crippen LogP contribution in [0, 0.1) is 20.8 Å². The van der Waals surface area contributed by atoms with Crippen molar-refractivity contribution in [3.63, 3.8) is 0 Å². The van der Waals surface area contributed by atoms with Gasteiger partial charge >= 0.3 is 0 Å². The molecule has 32 heavy (non-hydrogen) atoms. The van der Waals surface area contributed by atoms with Gasteiger partial charge in [-0.3, -0.25) is 9.36 Å². The minimum Gasteiger partial charge on any atom is -0.325 e. The van der Waals surface area contributed by atoms with Crippen LogP contribution in [-0.2, 0) is 4.79 Å². The molecular formula is C25H23ClN4OS. The molecule has 0 fully saturated rings. The van der Waals surface area contributed by atoms with Crippen LogP contribution >= 0.6 is 23.4 Å². The zero-order chi connectivity index (χ0) is 22.7. The number of thioether (sulfide) groups is 1. The second kappa shape index (κ2) is 9.59. The molecule has 0 saturated carbocycles. The third-order valence-corrected chi connectivity index (χ3v) is 6.25. The predicted molar refractivity (Wildman–Crippen MR) is 132 cm³/mol. The molecule has 7 heteroatoms. The van der Waals surface area contributed by atoms with Crippen molar-refractivity contribution in [2.45, 2.75) is 25.9 Å². The van der Waals surface area contributed by atoms with E-state index < -0.39 is 0 Å². The Morgan fingerprint density at radius 2 is 1.66 bits per heavy atom. The molecule has 3 aromatic carbocycles. The summed E-state index contributed by atoms with van der Waals surface area (Å²) in [5.74, 6) is 0.844. The van der Waals surface area contributed by atoms with Crippen LogP contribution in [0.25, 0.3) is 17.1 Å². The van der Waals surface area contributed by atoms with Crippen LogP contribution in [0.5, 0.6) is 0 Å². The Morgan fingerprint density at radius 3 is 2.34 bits per heavy atom. The van der Waals surface area contributed by atoms with Gasteiger partial charge in [-0.1, -0.05) is 65.3 Å². The number of benzene rings is 3. The highest BCUT2D eigenvalue weighted by Gasteiger charge is 2.18. The van der Waals surface area contributed by atoms with Crippen LogP contribution < -0.4 is 5.32 Å². The second-order valence-electron chi connectivity index (χ2n) is 7.59. The molecule has 0 aliphatic carbocycles. The van der Waals surface area contributed by atoms with Crippen LogP contribution in [0.2, 0.25) is 5.02 Å². The minimum absolute atomic E-state index is 0.0878. The average molecular weight is 463 g/mol. The van der Waals surface area contributed by atoms with Gasteiger partial charge in [0.05, 0.1) is 5.75 Å². The third kappa shape index (κ3) is 4.87. The van der Waals surface area contributed by atoms with Crippen LogP contribution in [0.1, 0.15) is 16.7 Å². The first-order valence-corrected chi connectivity index (χ1v) is 11.6. The summed E-state index contributed by atoms with van der Waals surface area (Å²) in [5.41, 5.74) is 5.91. The molecule has 0 spiro atoms. The normalized spacial score (nSPS) is 10.9. The lowest BCUT2D eigenvalue weighted by Gasteiger charge is -2.12. The van der Waals surface area contributed by atoms with E-state index in [0.29, 0.717) is 16.0 Å². The molecule has 0 aliphatic rings. The molecule has 0 bridgehead atoms. The number of rotatable bonds is 6. The van der Waals surface area contributed by atoms with Crippen LogP contribution in [-0.4, -0.2) is 26.4 Å². The van der Waals surface area contributed by atoms with Gasteiger partial charge in [-0.05, 0) is 62.2 Å². The second-order valence-corrected chi connectivity index (χ2v) is 8.97. The fourth-order valence-corrected chi connectivity index (χ4v) is 4.35. The van der Waals surface area contributed by atoms with E-state index >= 15 is 0 Å². The van der Waals surface area contributed by atoms with Gasteiger partial charge in [0.2, 0.25) is 5.91 Å². The Bertz CT molecular complexity index is 1250. The van der Waals surface area contributed by atoms with Gasteiger partial charge in [0.1, 0.15) is 0 Å². The van der Waals surface area contributed by atoms with E-state index in [9.17, 15) is 4.79 Å². The number of aryl methyl sites for hydroxylation is 3. The Kier molecular flexibility index (Phi) is 6.63. The van der Waals surface area contributed by atoms with Crippen molar-refractivity contribution >= 4 is 35.0 Å². The van der Waals surface area contributed by atoms with Crippen molar-refractivity contribution in [3.05, 3.63) is 88.4 Å². The lowest BCUT2D eigenvalue weighted by molar-refractivity contribution is -0.113. The van der Waals surface area contributed by atoms with Crippen LogP contribution in [0.3, 0.4) is 0 Å². The maximum Gasteiger partial charge on any atom is 0.234 e. The topological polar surface area (TPSA) is 59.8 Å². The predicted octanol–water partition coefficient (Wildman–Crippen LogP) is 6.24. The maximum atomic E-state index is 12.7. The number of carbonyl (C=O) groups is 1. The molecule has 1 amide bonds. The molecule has 1 N–H and O–H groups in total. The molecule has 1 heterocycles. The number of nitrogens with zero attached hydrogens (tertiary/aromatic N) is 3. The number of carbonyl (C=O) groups excluding carboxylic acids is 1. The van der Waals surface area contributed by atoms with E-state index in [4.69, 9.17) is 11.6 Å². The molecular weight excluding hydrogens is 440 g/mol. The van der Waals surface area contributed by atoms with E-state index in [1.807, 2.05) is 86.0 Å². The Hall–Kier alpha value is -3.09.